The predicted molar refractivity (Wildman–Crippen MR) is 62.5 cm³/mol. The standard InChI is InChI=1S/C11H16N2S/c1-14-10-6-8(2-3-9(10)12)7-11(13)4-5-11/h2-3,6H,4-5,7,12-13H2,1H3. The van der Waals surface area contributed by atoms with E-state index in [1.807, 2.05) is 12.3 Å². The molecule has 1 aliphatic carbocycles. The Labute approximate surface area is 89.1 Å². The first-order valence-electron chi connectivity index (χ1n) is 4.84. The Kier molecular flexibility index (Phi) is 2.45. The Bertz CT molecular complexity index is 345. The Balaban J connectivity index is 2.18. The number of rotatable bonds is 3. The zero-order chi connectivity index (χ0) is 10.2. The fraction of sp³-hybridized carbons (Fsp3) is 0.455. The van der Waals surface area contributed by atoms with E-state index in [1.54, 1.807) is 11.8 Å². The lowest BCUT2D eigenvalue weighted by Gasteiger charge is -2.10. The molecule has 1 saturated carbocycles. The van der Waals surface area contributed by atoms with E-state index in [-0.39, 0.29) is 5.54 Å². The third kappa shape index (κ3) is 2.04. The summed E-state index contributed by atoms with van der Waals surface area (Å²) in [7, 11) is 0. The van der Waals surface area contributed by atoms with Gasteiger partial charge < -0.3 is 11.5 Å². The van der Waals surface area contributed by atoms with Gasteiger partial charge in [0.2, 0.25) is 0 Å². The summed E-state index contributed by atoms with van der Waals surface area (Å²) in [6.45, 7) is 0. The molecule has 14 heavy (non-hydrogen) atoms. The van der Waals surface area contributed by atoms with Gasteiger partial charge in [0.1, 0.15) is 0 Å². The summed E-state index contributed by atoms with van der Waals surface area (Å²) in [5.74, 6) is 0. The summed E-state index contributed by atoms with van der Waals surface area (Å²) in [5.41, 5.74) is 14.2. The molecule has 1 aromatic carbocycles. The third-order valence-corrected chi connectivity index (χ3v) is 3.54. The van der Waals surface area contributed by atoms with Crippen molar-refractivity contribution in [1.82, 2.24) is 0 Å². The van der Waals surface area contributed by atoms with Crippen LogP contribution >= 0.6 is 11.8 Å². The number of hydrogen-bond acceptors (Lipinski definition) is 3. The molecule has 0 aliphatic heterocycles. The molecular weight excluding hydrogens is 192 g/mol. The molecule has 0 unspecified atom stereocenters. The largest absolute Gasteiger partial charge is 0.398 e. The topological polar surface area (TPSA) is 52.0 Å². The van der Waals surface area contributed by atoms with Crippen LogP contribution in [0.5, 0.6) is 0 Å². The van der Waals surface area contributed by atoms with E-state index in [9.17, 15) is 0 Å². The zero-order valence-corrected chi connectivity index (χ0v) is 9.23. The minimum atomic E-state index is 0.0891. The van der Waals surface area contributed by atoms with Crippen LogP contribution in [0, 0.1) is 0 Å². The van der Waals surface area contributed by atoms with E-state index >= 15 is 0 Å². The monoisotopic (exact) mass is 208 g/mol. The van der Waals surface area contributed by atoms with Crippen LogP contribution in [0.25, 0.3) is 0 Å². The van der Waals surface area contributed by atoms with Gasteiger partial charge in [-0.1, -0.05) is 6.07 Å². The van der Waals surface area contributed by atoms with E-state index in [0.29, 0.717) is 0 Å². The van der Waals surface area contributed by atoms with Crippen LogP contribution in [0.4, 0.5) is 5.69 Å². The molecule has 0 spiro atoms. The van der Waals surface area contributed by atoms with Crippen molar-refractivity contribution in [3.8, 4) is 0 Å². The van der Waals surface area contributed by atoms with Crippen LogP contribution in [0.15, 0.2) is 23.1 Å². The van der Waals surface area contributed by atoms with Crippen molar-refractivity contribution in [3.05, 3.63) is 23.8 Å². The van der Waals surface area contributed by atoms with Gasteiger partial charge in [0.15, 0.2) is 0 Å². The minimum absolute atomic E-state index is 0.0891. The average Bonchev–Trinajstić information content (AvgIpc) is 2.87. The normalized spacial score (nSPS) is 18.1. The Morgan fingerprint density at radius 3 is 2.71 bits per heavy atom. The maximum Gasteiger partial charge on any atom is 0.0452 e. The van der Waals surface area contributed by atoms with Crippen LogP contribution in [-0.4, -0.2) is 11.8 Å². The van der Waals surface area contributed by atoms with Gasteiger partial charge in [-0.3, -0.25) is 0 Å². The molecule has 2 nitrogen and oxygen atoms in total. The highest BCUT2D eigenvalue weighted by molar-refractivity contribution is 7.98. The summed E-state index contributed by atoms with van der Waals surface area (Å²) >= 11 is 1.69. The number of nitrogens with two attached hydrogens (primary N) is 2. The molecule has 2 rings (SSSR count). The van der Waals surface area contributed by atoms with Crippen molar-refractivity contribution in [3.63, 3.8) is 0 Å². The number of thioether (sulfide) groups is 1. The van der Waals surface area contributed by atoms with Crippen LogP contribution in [0.3, 0.4) is 0 Å². The molecule has 1 fully saturated rings. The van der Waals surface area contributed by atoms with Crippen molar-refractivity contribution < 1.29 is 0 Å². The molecule has 0 saturated heterocycles. The Morgan fingerprint density at radius 1 is 1.43 bits per heavy atom. The van der Waals surface area contributed by atoms with Crippen molar-refractivity contribution in [2.45, 2.75) is 29.7 Å². The number of nitrogen functional groups attached to an aromatic ring is 1. The lowest BCUT2D eigenvalue weighted by Crippen LogP contribution is -2.24. The minimum Gasteiger partial charge on any atom is -0.398 e. The van der Waals surface area contributed by atoms with Gasteiger partial charge in [-0.25, -0.2) is 0 Å². The van der Waals surface area contributed by atoms with Crippen LogP contribution in [-0.2, 0) is 6.42 Å². The van der Waals surface area contributed by atoms with Gasteiger partial charge >= 0.3 is 0 Å². The lowest BCUT2D eigenvalue weighted by atomic mass is 10.0. The van der Waals surface area contributed by atoms with Crippen molar-refractivity contribution in [1.29, 1.82) is 0 Å². The molecule has 0 heterocycles. The fourth-order valence-corrected chi connectivity index (χ4v) is 2.18. The molecule has 1 aliphatic rings. The van der Waals surface area contributed by atoms with Crippen LogP contribution < -0.4 is 11.5 Å². The molecular formula is C11H16N2S. The second kappa shape index (κ2) is 3.48. The van der Waals surface area contributed by atoms with E-state index in [1.165, 1.54) is 5.56 Å². The van der Waals surface area contributed by atoms with Crippen LogP contribution in [0.1, 0.15) is 18.4 Å². The molecule has 0 aromatic heterocycles. The Morgan fingerprint density at radius 2 is 2.14 bits per heavy atom. The van der Waals surface area contributed by atoms with Gasteiger partial charge in [-0.2, -0.15) is 0 Å². The maximum absolute atomic E-state index is 6.07. The van der Waals surface area contributed by atoms with Crippen molar-refractivity contribution in [2.75, 3.05) is 12.0 Å². The first-order valence-corrected chi connectivity index (χ1v) is 6.07. The van der Waals surface area contributed by atoms with Gasteiger partial charge in [0.05, 0.1) is 0 Å². The number of benzene rings is 1. The van der Waals surface area contributed by atoms with Gasteiger partial charge in [0.25, 0.3) is 0 Å². The summed E-state index contributed by atoms with van der Waals surface area (Å²) < 4.78 is 0. The molecule has 0 atom stereocenters. The highest BCUT2D eigenvalue weighted by Gasteiger charge is 2.37. The first kappa shape index (κ1) is 9.87. The third-order valence-electron chi connectivity index (χ3n) is 2.75. The highest BCUT2D eigenvalue weighted by atomic mass is 32.2. The van der Waals surface area contributed by atoms with E-state index < -0.39 is 0 Å². The van der Waals surface area contributed by atoms with Gasteiger partial charge in [-0.15, -0.1) is 11.8 Å². The lowest BCUT2D eigenvalue weighted by molar-refractivity contribution is 0.671. The fourth-order valence-electron chi connectivity index (χ4n) is 1.61. The average molecular weight is 208 g/mol. The predicted octanol–water partition coefficient (Wildman–Crippen LogP) is 2.02. The van der Waals surface area contributed by atoms with Crippen molar-refractivity contribution in [2.24, 2.45) is 5.73 Å². The molecule has 3 heteroatoms. The summed E-state index contributed by atoms with van der Waals surface area (Å²) in [6.07, 6.45) is 5.35. The quantitative estimate of drug-likeness (QED) is 0.590. The second-order valence-corrected chi connectivity index (χ2v) is 4.96. The summed E-state index contributed by atoms with van der Waals surface area (Å²) in [6, 6.07) is 6.22. The highest BCUT2D eigenvalue weighted by Crippen LogP contribution is 2.36. The zero-order valence-electron chi connectivity index (χ0n) is 8.42. The number of anilines is 1. The SMILES string of the molecule is CSc1cc(CC2(N)CC2)ccc1N. The van der Waals surface area contributed by atoms with Crippen LogP contribution in [0.2, 0.25) is 0 Å². The Hall–Kier alpha value is -0.670. The van der Waals surface area contributed by atoms with Gasteiger partial charge in [-0.05, 0) is 43.2 Å². The molecule has 76 valence electrons. The molecule has 0 bridgehead atoms. The molecule has 0 amide bonds. The maximum atomic E-state index is 6.07. The summed E-state index contributed by atoms with van der Waals surface area (Å²) in [5, 5.41) is 0. The van der Waals surface area contributed by atoms with E-state index in [4.69, 9.17) is 11.5 Å². The first-order chi connectivity index (χ1) is 6.63. The molecule has 4 N–H and O–H groups in total. The summed E-state index contributed by atoms with van der Waals surface area (Å²) in [4.78, 5) is 1.16. The second-order valence-electron chi connectivity index (χ2n) is 4.12. The van der Waals surface area contributed by atoms with E-state index in [0.717, 1.165) is 29.8 Å². The van der Waals surface area contributed by atoms with Crippen molar-refractivity contribution >= 4 is 17.4 Å². The smallest absolute Gasteiger partial charge is 0.0452 e. The number of hydrogen-bond donors (Lipinski definition) is 2. The molecule has 1 aromatic rings. The molecule has 0 radical (unpaired) electrons. The van der Waals surface area contributed by atoms with E-state index in [2.05, 4.69) is 12.1 Å². The van der Waals surface area contributed by atoms with Gasteiger partial charge in [0, 0.05) is 16.1 Å².